The SMILES string of the molecule is Cc1c(N)nc(C(C)C)nc1N1c2ccccc2CC1C. The zero-order valence-corrected chi connectivity index (χ0v) is 13.1. The van der Waals surface area contributed by atoms with Crippen LogP contribution in [0.15, 0.2) is 24.3 Å². The van der Waals surface area contributed by atoms with Gasteiger partial charge in [0.25, 0.3) is 0 Å². The van der Waals surface area contributed by atoms with Gasteiger partial charge in [0.1, 0.15) is 17.5 Å². The van der Waals surface area contributed by atoms with E-state index in [1.54, 1.807) is 0 Å². The number of para-hydroxylation sites is 1. The quantitative estimate of drug-likeness (QED) is 0.914. The molecule has 0 spiro atoms. The first kappa shape index (κ1) is 13.9. The molecule has 0 saturated heterocycles. The van der Waals surface area contributed by atoms with Crippen molar-refractivity contribution in [3.05, 3.63) is 41.2 Å². The molecule has 2 N–H and O–H groups in total. The van der Waals surface area contributed by atoms with Gasteiger partial charge in [-0.15, -0.1) is 0 Å². The van der Waals surface area contributed by atoms with E-state index in [-0.39, 0.29) is 5.92 Å². The molecule has 1 atom stereocenters. The summed E-state index contributed by atoms with van der Waals surface area (Å²) < 4.78 is 0. The Morgan fingerprint density at radius 3 is 2.67 bits per heavy atom. The number of rotatable bonds is 2. The van der Waals surface area contributed by atoms with Crippen LogP contribution in [0.3, 0.4) is 0 Å². The predicted octanol–water partition coefficient (Wildman–Crippen LogP) is 3.57. The molecule has 21 heavy (non-hydrogen) atoms. The van der Waals surface area contributed by atoms with Gasteiger partial charge in [-0.1, -0.05) is 32.0 Å². The zero-order valence-electron chi connectivity index (χ0n) is 13.1. The topological polar surface area (TPSA) is 55.0 Å². The van der Waals surface area contributed by atoms with Crippen molar-refractivity contribution in [2.24, 2.45) is 0 Å². The minimum absolute atomic E-state index is 0.264. The van der Waals surface area contributed by atoms with Crippen molar-refractivity contribution in [1.29, 1.82) is 0 Å². The number of hydrogen-bond donors (Lipinski definition) is 1. The third-order valence-electron chi connectivity index (χ3n) is 4.13. The highest BCUT2D eigenvalue weighted by Crippen LogP contribution is 2.39. The molecule has 4 heteroatoms. The minimum atomic E-state index is 0.264. The summed E-state index contributed by atoms with van der Waals surface area (Å²) in [5, 5.41) is 0. The van der Waals surface area contributed by atoms with Gasteiger partial charge in [0.05, 0.1) is 0 Å². The molecular weight excluding hydrogens is 260 g/mol. The van der Waals surface area contributed by atoms with E-state index in [9.17, 15) is 0 Å². The minimum Gasteiger partial charge on any atom is -0.383 e. The van der Waals surface area contributed by atoms with Gasteiger partial charge in [-0.05, 0) is 31.9 Å². The Bertz CT molecular complexity index is 678. The molecule has 3 rings (SSSR count). The lowest BCUT2D eigenvalue weighted by molar-refractivity contribution is 0.726. The maximum atomic E-state index is 6.11. The summed E-state index contributed by atoms with van der Waals surface area (Å²) in [6, 6.07) is 8.90. The molecule has 0 radical (unpaired) electrons. The van der Waals surface area contributed by atoms with Gasteiger partial charge in [-0.2, -0.15) is 0 Å². The van der Waals surface area contributed by atoms with Crippen molar-refractivity contribution >= 4 is 17.3 Å². The summed E-state index contributed by atoms with van der Waals surface area (Å²) >= 11 is 0. The molecule has 2 aromatic rings. The van der Waals surface area contributed by atoms with E-state index in [1.807, 2.05) is 6.92 Å². The Hall–Kier alpha value is -2.10. The van der Waals surface area contributed by atoms with Crippen molar-refractivity contribution in [3.63, 3.8) is 0 Å². The molecule has 1 aliphatic rings. The van der Waals surface area contributed by atoms with E-state index < -0.39 is 0 Å². The lowest BCUT2D eigenvalue weighted by Gasteiger charge is -2.26. The normalized spacial score (nSPS) is 17.4. The number of fused-ring (bicyclic) bond motifs is 1. The molecule has 0 aliphatic carbocycles. The van der Waals surface area contributed by atoms with Crippen LogP contribution in [-0.2, 0) is 6.42 Å². The van der Waals surface area contributed by atoms with E-state index in [2.05, 4.69) is 54.9 Å². The van der Waals surface area contributed by atoms with Gasteiger partial charge < -0.3 is 10.6 Å². The molecule has 1 unspecified atom stereocenters. The number of nitrogen functional groups attached to an aromatic ring is 1. The maximum absolute atomic E-state index is 6.11. The lowest BCUT2D eigenvalue weighted by Crippen LogP contribution is -2.26. The largest absolute Gasteiger partial charge is 0.383 e. The third kappa shape index (κ3) is 2.24. The molecule has 1 aromatic carbocycles. The van der Waals surface area contributed by atoms with Gasteiger partial charge in [0.15, 0.2) is 0 Å². The first-order chi connectivity index (χ1) is 9.99. The molecule has 110 valence electrons. The molecule has 0 fully saturated rings. The van der Waals surface area contributed by atoms with Gasteiger partial charge in [-0.3, -0.25) is 0 Å². The fraction of sp³-hybridized carbons (Fsp3) is 0.412. The number of nitrogens with two attached hydrogens (primary N) is 1. The van der Waals surface area contributed by atoms with Crippen LogP contribution in [0.25, 0.3) is 0 Å². The lowest BCUT2D eigenvalue weighted by atomic mass is 10.1. The van der Waals surface area contributed by atoms with Crippen LogP contribution in [-0.4, -0.2) is 16.0 Å². The van der Waals surface area contributed by atoms with Crippen LogP contribution in [0.4, 0.5) is 17.3 Å². The van der Waals surface area contributed by atoms with E-state index in [4.69, 9.17) is 10.7 Å². The smallest absolute Gasteiger partial charge is 0.142 e. The van der Waals surface area contributed by atoms with Crippen molar-refractivity contribution < 1.29 is 0 Å². The Kier molecular flexibility index (Phi) is 3.32. The van der Waals surface area contributed by atoms with E-state index >= 15 is 0 Å². The summed E-state index contributed by atoms with van der Waals surface area (Å²) in [7, 11) is 0. The second kappa shape index (κ2) is 5.02. The highest BCUT2D eigenvalue weighted by molar-refractivity contribution is 5.72. The third-order valence-corrected chi connectivity index (χ3v) is 4.13. The van der Waals surface area contributed by atoms with Gasteiger partial charge in [0, 0.05) is 23.2 Å². The molecule has 0 saturated carbocycles. The van der Waals surface area contributed by atoms with Crippen molar-refractivity contribution in [3.8, 4) is 0 Å². The molecule has 1 aromatic heterocycles. The highest BCUT2D eigenvalue weighted by Gasteiger charge is 2.30. The van der Waals surface area contributed by atoms with Crippen LogP contribution < -0.4 is 10.6 Å². The molecule has 1 aliphatic heterocycles. The summed E-state index contributed by atoms with van der Waals surface area (Å²) in [6.45, 7) is 8.42. The first-order valence-corrected chi connectivity index (χ1v) is 7.50. The van der Waals surface area contributed by atoms with Crippen molar-refractivity contribution in [2.45, 2.75) is 46.1 Å². The van der Waals surface area contributed by atoms with Crippen molar-refractivity contribution in [2.75, 3.05) is 10.6 Å². The van der Waals surface area contributed by atoms with Crippen LogP contribution in [0.2, 0.25) is 0 Å². The maximum Gasteiger partial charge on any atom is 0.142 e. The molecule has 2 heterocycles. The summed E-state index contributed by atoms with van der Waals surface area (Å²) in [4.78, 5) is 11.5. The molecule has 0 amide bonds. The summed E-state index contributed by atoms with van der Waals surface area (Å²) in [5.41, 5.74) is 9.68. The van der Waals surface area contributed by atoms with Gasteiger partial charge in [0.2, 0.25) is 0 Å². The number of anilines is 3. The second-order valence-corrected chi connectivity index (χ2v) is 6.12. The number of nitrogens with zero attached hydrogens (tertiary/aromatic N) is 3. The number of hydrogen-bond acceptors (Lipinski definition) is 4. The van der Waals surface area contributed by atoms with E-state index in [0.29, 0.717) is 11.9 Å². The Morgan fingerprint density at radius 2 is 1.95 bits per heavy atom. The standard InChI is InChI=1S/C17H22N4/c1-10(2)16-19-15(18)12(4)17(20-16)21-11(3)9-13-7-5-6-8-14(13)21/h5-8,10-11H,9H2,1-4H3,(H2,18,19,20). The average molecular weight is 282 g/mol. The predicted molar refractivity (Wildman–Crippen MR) is 87.0 cm³/mol. The summed E-state index contributed by atoms with van der Waals surface area (Å²) in [5.74, 6) is 2.61. The van der Waals surface area contributed by atoms with Crippen molar-refractivity contribution in [1.82, 2.24) is 9.97 Å². The summed E-state index contributed by atoms with van der Waals surface area (Å²) in [6.07, 6.45) is 1.04. The van der Waals surface area contributed by atoms with Crippen LogP contribution in [0, 0.1) is 6.92 Å². The fourth-order valence-electron chi connectivity index (χ4n) is 2.92. The van der Waals surface area contributed by atoms with E-state index in [1.165, 1.54) is 11.3 Å². The molecule has 0 bridgehead atoms. The number of aromatic nitrogens is 2. The average Bonchev–Trinajstić information content (AvgIpc) is 2.77. The monoisotopic (exact) mass is 282 g/mol. The Morgan fingerprint density at radius 1 is 1.24 bits per heavy atom. The van der Waals surface area contributed by atoms with Crippen LogP contribution in [0.1, 0.15) is 43.6 Å². The first-order valence-electron chi connectivity index (χ1n) is 7.50. The Balaban J connectivity index is 2.16. The van der Waals surface area contributed by atoms with E-state index in [0.717, 1.165) is 23.6 Å². The van der Waals surface area contributed by atoms with Crippen LogP contribution in [0.5, 0.6) is 0 Å². The number of benzene rings is 1. The zero-order chi connectivity index (χ0) is 15.1. The molecular formula is C17H22N4. The fourth-order valence-corrected chi connectivity index (χ4v) is 2.92. The highest BCUT2D eigenvalue weighted by atomic mass is 15.2. The van der Waals surface area contributed by atoms with Gasteiger partial charge >= 0.3 is 0 Å². The Labute approximate surface area is 126 Å². The van der Waals surface area contributed by atoms with Crippen LogP contribution >= 0.6 is 0 Å². The van der Waals surface area contributed by atoms with Gasteiger partial charge in [-0.25, -0.2) is 9.97 Å². The second-order valence-electron chi connectivity index (χ2n) is 6.12. The molecule has 4 nitrogen and oxygen atoms in total.